The van der Waals surface area contributed by atoms with E-state index in [1.54, 1.807) is 18.2 Å². The predicted octanol–water partition coefficient (Wildman–Crippen LogP) is 5.30. The number of hydrogen-bond acceptors (Lipinski definition) is 7. The number of aryl methyl sites for hydroxylation is 1. The summed E-state index contributed by atoms with van der Waals surface area (Å²) in [5.41, 5.74) is 1.50. The van der Waals surface area contributed by atoms with E-state index in [0.717, 1.165) is 5.69 Å². The highest BCUT2D eigenvalue weighted by atomic mass is 35.5. The Kier molecular flexibility index (Phi) is 8.13. The average molecular weight is 475 g/mol. The number of benzene rings is 2. The Morgan fingerprint density at radius 3 is 2.69 bits per heavy atom. The van der Waals surface area contributed by atoms with Crippen molar-refractivity contribution in [3.05, 3.63) is 81.6 Å². The number of nitrogens with zero attached hydrogens (tertiary/aromatic N) is 4. The Morgan fingerprint density at radius 2 is 2.03 bits per heavy atom. The summed E-state index contributed by atoms with van der Waals surface area (Å²) in [5, 5.41) is 20.2. The van der Waals surface area contributed by atoms with Crippen molar-refractivity contribution in [2.75, 3.05) is 19.8 Å². The summed E-state index contributed by atoms with van der Waals surface area (Å²) >= 11 is 7.72. The van der Waals surface area contributed by atoms with E-state index in [1.165, 1.54) is 11.8 Å². The van der Waals surface area contributed by atoms with Crippen molar-refractivity contribution in [3.8, 4) is 17.2 Å². The van der Waals surface area contributed by atoms with Crippen LogP contribution in [0.5, 0.6) is 11.5 Å². The minimum atomic E-state index is -0.582. The molecule has 32 heavy (non-hydrogen) atoms. The zero-order valence-electron chi connectivity index (χ0n) is 17.7. The summed E-state index contributed by atoms with van der Waals surface area (Å²) in [6.45, 7) is 7.62. The minimum Gasteiger partial charge on any atom is -0.490 e. The smallest absolute Gasteiger partial charge is 0.220 e. The van der Waals surface area contributed by atoms with Crippen LogP contribution in [0.3, 0.4) is 0 Å². The molecule has 8 nitrogen and oxygen atoms in total. The average Bonchev–Trinajstić information content (AvgIpc) is 3.13. The normalized spacial score (nSPS) is 11.7. The van der Waals surface area contributed by atoms with Crippen LogP contribution >= 0.6 is 23.4 Å². The van der Waals surface area contributed by atoms with Crippen molar-refractivity contribution in [2.45, 2.75) is 24.3 Å². The quantitative estimate of drug-likeness (QED) is 0.161. The van der Waals surface area contributed by atoms with Crippen LogP contribution in [0.2, 0.25) is 5.02 Å². The zero-order valence-corrected chi connectivity index (χ0v) is 19.3. The van der Waals surface area contributed by atoms with Crippen LogP contribution < -0.4 is 9.47 Å². The van der Waals surface area contributed by atoms with Crippen molar-refractivity contribution >= 4 is 23.4 Å². The van der Waals surface area contributed by atoms with Gasteiger partial charge in [-0.1, -0.05) is 54.2 Å². The Hall–Kier alpha value is -3.04. The fourth-order valence-corrected chi connectivity index (χ4v) is 4.51. The maximum absolute atomic E-state index is 11.5. The van der Waals surface area contributed by atoms with E-state index in [9.17, 15) is 10.1 Å². The Balaban J connectivity index is 2.02. The molecule has 0 aliphatic carbocycles. The summed E-state index contributed by atoms with van der Waals surface area (Å²) in [6, 6.07) is 13.0. The van der Waals surface area contributed by atoms with E-state index in [0.29, 0.717) is 39.7 Å². The van der Waals surface area contributed by atoms with Crippen molar-refractivity contribution < 1.29 is 14.4 Å². The van der Waals surface area contributed by atoms with Gasteiger partial charge in [-0.2, -0.15) is 0 Å². The summed E-state index contributed by atoms with van der Waals surface area (Å²) < 4.78 is 13.2. The molecule has 0 amide bonds. The van der Waals surface area contributed by atoms with E-state index in [1.807, 2.05) is 48.7 Å². The molecule has 0 saturated heterocycles. The molecular weight excluding hydrogens is 452 g/mol. The van der Waals surface area contributed by atoms with E-state index >= 15 is 0 Å². The van der Waals surface area contributed by atoms with Gasteiger partial charge in [0, 0.05) is 10.6 Å². The van der Waals surface area contributed by atoms with Gasteiger partial charge in [0.2, 0.25) is 6.54 Å². The number of hydrogen-bond donors (Lipinski definition) is 0. The molecule has 0 bridgehead atoms. The molecule has 168 valence electrons. The van der Waals surface area contributed by atoms with Gasteiger partial charge in [0.25, 0.3) is 0 Å². The second-order valence-electron chi connectivity index (χ2n) is 6.69. The SMILES string of the molecule is C=CCOc1c(Cl)cc([C@H](C[N+](=O)[O-])Sc2nnc(C)n2-c2ccccc2)cc1OCC. The van der Waals surface area contributed by atoms with Gasteiger partial charge in [-0.25, -0.2) is 0 Å². The summed E-state index contributed by atoms with van der Waals surface area (Å²) in [6.07, 6.45) is 1.60. The van der Waals surface area contributed by atoms with Gasteiger partial charge in [-0.3, -0.25) is 14.7 Å². The highest BCUT2D eigenvalue weighted by molar-refractivity contribution is 7.99. The van der Waals surface area contributed by atoms with Crippen LogP contribution in [0.4, 0.5) is 0 Å². The zero-order chi connectivity index (χ0) is 23.1. The number of para-hydroxylation sites is 1. The van der Waals surface area contributed by atoms with Crippen LogP contribution in [0.25, 0.3) is 5.69 Å². The molecule has 0 radical (unpaired) electrons. The van der Waals surface area contributed by atoms with Gasteiger partial charge >= 0.3 is 0 Å². The summed E-state index contributed by atoms with van der Waals surface area (Å²) in [5.74, 6) is 1.48. The third-order valence-electron chi connectivity index (χ3n) is 4.42. The molecule has 1 atom stereocenters. The maximum Gasteiger partial charge on any atom is 0.220 e. The first kappa shape index (κ1) is 23.6. The monoisotopic (exact) mass is 474 g/mol. The molecule has 2 aromatic carbocycles. The lowest BCUT2D eigenvalue weighted by atomic mass is 10.1. The van der Waals surface area contributed by atoms with E-state index in [2.05, 4.69) is 16.8 Å². The van der Waals surface area contributed by atoms with Crippen molar-refractivity contribution in [1.29, 1.82) is 0 Å². The van der Waals surface area contributed by atoms with E-state index in [4.69, 9.17) is 21.1 Å². The van der Waals surface area contributed by atoms with Gasteiger partial charge < -0.3 is 9.47 Å². The second-order valence-corrected chi connectivity index (χ2v) is 8.26. The fraction of sp³-hybridized carbons (Fsp3) is 0.273. The van der Waals surface area contributed by atoms with Crippen molar-refractivity contribution in [2.24, 2.45) is 0 Å². The van der Waals surface area contributed by atoms with Crippen LogP contribution in [-0.2, 0) is 0 Å². The topological polar surface area (TPSA) is 92.3 Å². The van der Waals surface area contributed by atoms with Gasteiger partial charge in [0.1, 0.15) is 17.7 Å². The predicted molar refractivity (Wildman–Crippen MR) is 125 cm³/mol. The first-order chi connectivity index (χ1) is 15.4. The van der Waals surface area contributed by atoms with Gasteiger partial charge in [0.05, 0.1) is 11.6 Å². The lowest BCUT2D eigenvalue weighted by Crippen LogP contribution is -2.12. The molecule has 3 aromatic rings. The Bertz CT molecular complexity index is 1090. The van der Waals surface area contributed by atoms with E-state index < -0.39 is 5.25 Å². The highest BCUT2D eigenvalue weighted by Crippen LogP contribution is 2.43. The third kappa shape index (κ3) is 5.60. The van der Waals surface area contributed by atoms with Crippen LogP contribution in [0.15, 0.2) is 60.3 Å². The number of rotatable bonds is 11. The second kappa shape index (κ2) is 11.0. The van der Waals surface area contributed by atoms with Crippen molar-refractivity contribution in [3.63, 3.8) is 0 Å². The molecule has 1 heterocycles. The summed E-state index contributed by atoms with van der Waals surface area (Å²) in [7, 11) is 0. The van der Waals surface area contributed by atoms with Gasteiger partial charge in [-0.15, -0.1) is 10.2 Å². The molecule has 0 fully saturated rings. The highest BCUT2D eigenvalue weighted by Gasteiger charge is 2.26. The molecular formula is C22H23ClN4O4S. The molecule has 0 unspecified atom stereocenters. The van der Waals surface area contributed by atoms with E-state index in [-0.39, 0.29) is 18.1 Å². The molecule has 0 spiro atoms. The largest absolute Gasteiger partial charge is 0.490 e. The van der Waals surface area contributed by atoms with Crippen molar-refractivity contribution in [1.82, 2.24) is 14.8 Å². The van der Waals surface area contributed by atoms with Gasteiger partial charge in [0.15, 0.2) is 16.7 Å². The lowest BCUT2D eigenvalue weighted by Gasteiger charge is -2.18. The fourth-order valence-electron chi connectivity index (χ4n) is 3.09. The first-order valence-corrected chi connectivity index (χ1v) is 11.2. The molecule has 1 aromatic heterocycles. The lowest BCUT2D eigenvalue weighted by molar-refractivity contribution is -0.479. The number of thioether (sulfide) groups is 1. The van der Waals surface area contributed by atoms with Crippen LogP contribution in [0.1, 0.15) is 23.6 Å². The molecule has 0 N–H and O–H groups in total. The summed E-state index contributed by atoms with van der Waals surface area (Å²) in [4.78, 5) is 11.1. The van der Waals surface area contributed by atoms with Crippen LogP contribution in [0, 0.1) is 17.0 Å². The molecule has 0 aliphatic heterocycles. The molecule has 0 aliphatic rings. The first-order valence-electron chi connectivity index (χ1n) is 9.90. The van der Waals surface area contributed by atoms with Crippen LogP contribution in [-0.4, -0.2) is 39.4 Å². The molecule has 10 heteroatoms. The molecule has 3 rings (SSSR count). The van der Waals surface area contributed by atoms with Gasteiger partial charge in [-0.05, 0) is 43.7 Å². The Morgan fingerprint density at radius 1 is 1.28 bits per heavy atom. The third-order valence-corrected chi connectivity index (χ3v) is 5.88. The Labute approximate surface area is 195 Å². The minimum absolute atomic E-state index is 0.256. The number of aromatic nitrogens is 3. The number of nitro groups is 1. The standard InChI is InChI=1S/C22H23ClN4O4S/c1-4-11-31-21-18(23)12-16(13-19(21)30-5-2)20(14-26(28)29)32-22-25-24-15(3)27(22)17-9-7-6-8-10-17/h4,6-10,12-13,20H,1,5,11,14H2,2-3H3/t20-/m0/s1. The maximum atomic E-state index is 11.5. The number of halogens is 1. The number of ether oxygens (including phenoxy) is 2. The molecule has 0 saturated carbocycles.